The molecule has 0 bridgehead atoms. The molecule has 0 aliphatic heterocycles. The molecule has 0 aromatic heterocycles. The van der Waals surface area contributed by atoms with Gasteiger partial charge in [0.1, 0.15) is 12.2 Å². The van der Waals surface area contributed by atoms with E-state index < -0.39 is 24.5 Å². The lowest BCUT2D eigenvalue weighted by Crippen LogP contribution is -2.38. The van der Waals surface area contributed by atoms with E-state index >= 15 is 0 Å². The fourth-order valence-corrected chi connectivity index (χ4v) is 2.41. The molecule has 0 spiro atoms. The van der Waals surface area contributed by atoms with Gasteiger partial charge in [-0.25, -0.2) is 9.59 Å². The van der Waals surface area contributed by atoms with Crippen molar-refractivity contribution in [3.63, 3.8) is 0 Å². The molecule has 0 aromatic carbocycles. The largest absolute Gasteiger partial charge is 0.508 e. The third-order valence-corrected chi connectivity index (χ3v) is 3.55. The summed E-state index contributed by atoms with van der Waals surface area (Å²) in [5.41, 5.74) is 0. The van der Waals surface area contributed by atoms with Gasteiger partial charge in [-0.1, -0.05) is 13.8 Å². The molecule has 1 saturated carbocycles. The van der Waals surface area contributed by atoms with Gasteiger partial charge in [-0.05, 0) is 51.4 Å². The van der Waals surface area contributed by atoms with Crippen molar-refractivity contribution >= 4 is 12.3 Å². The minimum Gasteiger partial charge on any atom is -0.435 e. The molecule has 1 fully saturated rings. The minimum absolute atomic E-state index is 0.259. The average Bonchev–Trinajstić information content (AvgIpc) is 2.46. The second kappa shape index (κ2) is 10.3. The number of hydrogen-bond donors (Lipinski definition) is 0. The quantitative estimate of drug-likeness (QED) is 0.521. The normalized spacial score (nSPS) is 21.3. The van der Waals surface area contributed by atoms with Gasteiger partial charge in [-0.2, -0.15) is 0 Å². The first-order valence-electron chi connectivity index (χ1n) is 8.19. The molecule has 1 rings (SSSR count). The van der Waals surface area contributed by atoms with Gasteiger partial charge in [0.25, 0.3) is 0 Å². The molecule has 0 aromatic rings. The Morgan fingerprint density at radius 3 is 2.05 bits per heavy atom. The molecule has 22 heavy (non-hydrogen) atoms. The third kappa shape index (κ3) is 7.52. The van der Waals surface area contributed by atoms with Crippen LogP contribution in [0.25, 0.3) is 0 Å². The van der Waals surface area contributed by atoms with Gasteiger partial charge in [-0.15, -0.1) is 0 Å². The molecule has 128 valence electrons. The summed E-state index contributed by atoms with van der Waals surface area (Å²) >= 11 is 0. The highest BCUT2D eigenvalue weighted by Gasteiger charge is 2.32. The van der Waals surface area contributed by atoms with Crippen molar-refractivity contribution in [2.75, 3.05) is 13.2 Å². The van der Waals surface area contributed by atoms with Crippen LogP contribution in [0, 0.1) is 5.92 Å². The molecular weight excluding hydrogens is 288 g/mol. The van der Waals surface area contributed by atoms with Crippen LogP contribution in [0.5, 0.6) is 0 Å². The van der Waals surface area contributed by atoms with Crippen LogP contribution < -0.4 is 0 Å². The maximum absolute atomic E-state index is 11.7. The first kappa shape index (κ1) is 18.6. The molecule has 0 N–H and O–H groups in total. The van der Waals surface area contributed by atoms with Gasteiger partial charge in [0.2, 0.25) is 0 Å². The zero-order valence-corrected chi connectivity index (χ0v) is 13.8. The van der Waals surface area contributed by atoms with Crippen LogP contribution in [0.2, 0.25) is 0 Å². The van der Waals surface area contributed by atoms with Gasteiger partial charge in [0.15, 0.2) is 0 Å². The molecule has 2 atom stereocenters. The van der Waals surface area contributed by atoms with Crippen molar-refractivity contribution in [2.24, 2.45) is 5.92 Å². The molecule has 0 amide bonds. The van der Waals surface area contributed by atoms with E-state index in [1.807, 2.05) is 0 Å². The van der Waals surface area contributed by atoms with Crippen LogP contribution >= 0.6 is 0 Å². The Morgan fingerprint density at radius 2 is 1.55 bits per heavy atom. The van der Waals surface area contributed by atoms with Gasteiger partial charge in [-0.3, -0.25) is 0 Å². The number of rotatable bonds is 7. The molecule has 1 aliphatic carbocycles. The zero-order valence-electron chi connectivity index (χ0n) is 13.8. The van der Waals surface area contributed by atoms with Crippen LogP contribution in [0.1, 0.15) is 59.3 Å². The molecule has 1 aliphatic rings. The van der Waals surface area contributed by atoms with Crippen molar-refractivity contribution in [1.29, 1.82) is 0 Å². The van der Waals surface area contributed by atoms with Crippen LogP contribution in [0.4, 0.5) is 9.59 Å². The van der Waals surface area contributed by atoms with Crippen molar-refractivity contribution in [3.8, 4) is 0 Å². The first-order valence-corrected chi connectivity index (χ1v) is 8.19. The summed E-state index contributed by atoms with van der Waals surface area (Å²) in [6.45, 7) is 6.57. The Balaban J connectivity index is 2.33. The summed E-state index contributed by atoms with van der Waals surface area (Å²) in [7, 11) is 0. The Bertz CT molecular complexity index is 342. The maximum atomic E-state index is 11.7. The van der Waals surface area contributed by atoms with Gasteiger partial charge in [0, 0.05) is 0 Å². The van der Waals surface area contributed by atoms with Crippen molar-refractivity contribution in [1.82, 2.24) is 0 Å². The summed E-state index contributed by atoms with van der Waals surface area (Å²) in [4.78, 5) is 23.1. The highest BCUT2D eigenvalue weighted by atomic mass is 16.8. The Labute approximate surface area is 132 Å². The molecule has 6 nitrogen and oxygen atoms in total. The Hall–Kier alpha value is -1.46. The summed E-state index contributed by atoms with van der Waals surface area (Å²) < 4.78 is 20.3. The Kier molecular flexibility index (Phi) is 8.70. The fraction of sp³-hybridized carbons (Fsp3) is 0.875. The molecule has 2 unspecified atom stereocenters. The molecule has 0 saturated heterocycles. The number of carbonyl (C=O) groups excluding carboxylic acids is 2. The van der Waals surface area contributed by atoms with E-state index in [4.69, 9.17) is 18.9 Å². The molecule has 0 heterocycles. The van der Waals surface area contributed by atoms with Crippen LogP contribution in [0.15, 0.2) is 0 Å². The third-order valence-electron chi connectivity index (χ3n) is 3.55. The summed E-state index contributed by atoms with van der Waals surface area (Å²) in [6, 6.07) is 0. The number of ether oxygens (including phenoxy) is 4. The standard InChI is InChI=1S/C16H28O6/c1-4-19-15(17)21-13-9-5-6-10-14(13)22-16(18)20-11-7-8-12(2)3/h12-14H,4-11H2,1-3H3. The van der Waals surface area contributed by atoms with Gasteiger partial charge >= 0.3 is 12.3 Å². The predicted molar refractivity (Wildman–Crippen MR) is 80.7 cm³/mol. The smallest absolute Gasteiger partial charge is 0.435 e. The van der Waals surface area contributed by atoms with E-state index in [1.54, 1.807) is 6.92 Å². The summed E-state index contributed by atoms with van der Waals surface area (Å²) in [5, 5.41) is 0. The van der Waals surface area contributed by atoms with E-state index in [9.17, 15) is 9.59 Å². The maximum Gasteiger partial charge on any atom is 0.508 e. The highest BCUT2D eigenvalue weighted by molar-refractivity contribution is 5.61. The van der Waals surface area contributed by atoms with Crippen LogP contribution in [0.3, 0.4) is 0 Å². The van der Waals surface area contributed by atoms with Crippen molar-refractivity contribution < 1.29 is 28.5 Å². The van der Waals surface area contributed by atoms with Gasteiger partial charge < -0.3 is 18.9 Å². The number of carbonyl (C=O) groups is 2. The highest BCUT2D eigenvalue weighted by Crippen LogP contribution is 2.24. The first-order chi connectivity index (χ1) is 10.5. The Morgan fingerprint density at radius 1 is 1.00 bits per heavy atom. The van der Waals surface area contributed by atoms with E-state index in [0.717, 1.165) is 25.7 Å². The summed E-state index contributed by atoms with van der Waals surface area (Å²) in [5.74, 6) is 0.584. The second-order valence-electron chi connectivity index (χ2n) is 5.91. The monoisotopic (exact) mass is 316 g/mol. The minimum atomic E-state index is -0.715. The summed E-state index contributed by atoms with van der Waals surface area (Å²) in [6.07, 6.45) is 2.75. The molecular formula is C16H28O6. The fourth-order valence-electron chi connectivity index (χ4n) is 2.41. The SMILES string of the molecule is CCOC(=O)OC1CCCCC1OC(=O)OCCCC(C)C. The van der Waals surface area contributed by atoms with E-state index in [-0.39, 0.29) is 6.61 Å². The predicted octanol–water partition coefficient (Wildman–Crippen LogP) is 4.06. The molecule has 6 heteroatoms. The lowest BCUT2D eigenvalue weighted by Gasteiger charge is -2.29. The van der Waals surface area contributed by atoms with Gasteiger partial charge in [0.05, 0.1) is 13.2 Å². The van der Waals surface area contributed by atoms with Crippen molar-refractivity contribution in [3.05, 3.63) is 0 Å². The molecule has 0 radical (unpaired) electrons. The van der Waals surface area contributed by atoms with Crippen molar-refractivity contribution in [2.45, 2.75) is 71.5 Å². The zero-order chi connectivity index (χ0) is 16.4. The number of hydrogen-bond acceptors (Lipinski definition) is 6. The van der Waals surface area contributed by atoms with E-state index in [0.29, 0.717) is 25.4 Å². The second-order valence-corrected chi connectivity index (χ2v) is 5.91. The topological polar surface area (TPSA) is 71.1 Å². The van der Waals surface area contributed by atoms with Crippen LogP contribution in [-0.4, -0.2) is 37.7 Å². The lowest BCUT2D eigenvalue weighted by atomic mass is 9.95. The lowest BCUT2D eigenvalue weighted by molar-refractivity contribution is -0.0706. The van der Waals surface area contributed by atoms with E-state index in [2.05, 4.69) is 13.8 Å². The van der Waals surface area contributed by atoms with Crippen LogP contribution in [-0.2, 0) is 18.9 Å². The van der Waals surface area contributed by atoms with E-state index in [1.165, 1.54) is 0 Å². The average molecular weight is 316 g/mol.